The van der Waals surface area contributed by atoms with Crippen LogP contribution in [0, 0.1) is 11.8 Å². The van der Waals surface area contributed by atoms with Crippen LogP contribution in [0.15, 0.2) is 29.2 Å². The third-order valence-electron chi connectivity index (χ3n) is 2.95. The van der Waals surface area contributed by atoms with Gasteiger partial charge >= 0.3 is 5.97 Å². The summed E-state index contributed by atoms with van der Waals surface area (Å²) in [6.07, 6.45) is 0. The summed E-state index contributed by atoms with van der Waals surface area (Å²) < 4.78 is 24.9. The number of rotatable bonds is 7. The molecule has 0 aromatic heterocycles. The van der Waals surface area contributed by atoms with Crippen molar-refractivity contribution in [3.63, 3.8) is 0 Å². The van der Waals surface area contributed by atoms with Crippen molar-refractivity contribution in [2.45, 2.75) is 24.5 Å². The van der Waals surface area contributed by atoms with Crippen LogP contribution in [0.5, 0.6) is 0 Å². The number of carboxylic acids is 1. The molecule has 0 aliphatic rings. The van der Waals surface area contributed by atoms with Crippen molar-refractivity contribution >= 4 is 23.6 Å². The van der Waals surface area contributed by atoms with Crippen LogP contribution < -0.4 is 5.32 Å². The van der Waals surface area contributed by atoms with E-state index in [0.29, 0.717) is 0 Å². The summed E-state index contributed by atoms with van der Waals surface area (Å²) in [7, 11) is 0. The van der Waals surface area contributed by atoms with Gasteiger partial charge < -0.3 is 10.4 Å². The highest BCUT2D eigenvalue weighted by atomic mass is 32.2. The molecule has 7 heteroatoms. The number of nitrogens with one attached hydrogen (secondary N) is 1. The number of halogens is 2. The molecule has 0 aliphatic carbocycles. The van der Waals surface area contributed by atoms with Crippen molar-refractivity contribution in [1.82, 2.24) is 5.32 Å². The van der Waals surface area contributed by atoms with Crippen molar-refractivity contribution in [2.24, 2.45) is 11.8 Å². The van der Waals surface area contributed by atoms with E-state index in [1.54, 1.807) is 26.0 Å². The summed E-state index contributed by atoms with van der Waals surface area (Å²) in [6, 6.07) is 6.01. The maximum absolute atomic E-state index is 12.4. The minimum absolute atomic E-state index is 0.0421. The molecule has 0 radical (unpaired) electrons. The summed E-state index contributed by atoms with van der Waals surface area (Å²) in [5.74, 6) is -5.04. The molecule has 2 N–H and O–H groups in total. The van der Waals surface area contributed by atoms with Gasteiger partial charge in [-0.25, -0.2) is 0 Å². The Bertz CT molecular complexity index is 509. The zero-order valence-electron chi connectivity index (χ0n) is 11.7. The molecule has 116 valence electrons. The number of carbonyl (C=O) groups excluding carboxylic acids is 1. The molecule has 21 heavy (non-hydrogen) atoms. The van der Waals surface area contributed by atoms with Gasteiger partial charge in [-0.1, -0.05) is 37.7 Å². The highest BCUT2D eigenvalue weighted by Gasteiger charge is 2.23. The van der Waals surface area contributed by atoms with Crippen LogP contribution in [-0.4, -0.2) is 29.3 Å². The van der Waals surface area contributed by atoms with Gasteiger partial charge in [0.25, 0.3) is 11.7 Å². The van der Waals surface area contributed by atoms with Gasteiger partial charge in [-0.3, -0.25) is 9.59 Å². The second kappa shape index (κ2) is 7.97. The maximum Gasteiger partial charge on any atom is 0.308 e. The first-order chi connectivity index (χ1) is 9.82. The number of hydrogen-bond donors (Lipinski definition) is 2. The fourth-order valence-corrected chi connectivity index (χ4v) is 2.40. The lowest BCUT2D eigenvalue weighted by Gasteiger charge is -2.17. The fraction of sp³-hybridized carbons (Fsp3) is 0.429. The highest BCUT2D eigenvalue weighted by Crippen LogP contribution is 2.28. The Morgan fingerprint density at radius 3 is 2.43 bits per heavy atom. The molecular formula is C14H17F2NO3S. The van der Waals surface area contributed by atoms with E-state index in [1.165, 1.54) is 12.1 Å². The Kier molecular flexibility index (Phi) is 6.61. The predicted octanol–water partition coefficient (Wildman–Crippen LogP) is 3.09. The Balaban J connectivity index is 2.78. The van der Waals surface area contributed by atoms with Crippen LogP contribution >= 0.6 is 11.8 Å². The zero-order valence-corrected chi connectivity index (χ0v) is 12.5. The third-order valence-corrected chi connectivity index (χ3v) is 3.74. The number of amides is 1. The van der Waals surface area contributed by atoms with Gasteiger partial charge in [-0.15, -0.1) is 0 Å². The van der Waals surface area contributed by atoms with E-state index in [1.807, 2.05) is 0 Å². The van der Waals surface area contributed by atoms with Crippen LogP contribution in [0.2, 0.25) is 0 Å². The van der Waals surface area contributed by atoms with Gasteiger partial charge in [0.1, 0.15) is 0 Å². The van der Waals surface area contributed by atoms with Crippen LogP contribution in [0.1, 0.15) is 24.2 Å². The van der Waals surface area contributed by atoms with Gasteiger partial charge in [-0.2, -0.15) is 8.78 Å². The average Bonchev–Trinajstić information content (AvgIpc) is 2.37. The standard InChI is InChI=1S/C14H17F2NO3S/c1-8(2)10(13(19)20)7-17-12(18)9-5-3-4-6-11(9)21-14(15)16/h3-6,8,10,14H,7H2,1-2H3,(H,17,18)(H,19,20). The van der Waals surface area contributed by atoms with Crippen LogP contribution in [0.25, 0.3) is 0 Å². The number of carboxylic acid groups (broad SMARTS) is 1. The molecular weight excluding hydrogens is 300 g/mol. The smallest absolute Gasteiger partial charge is 0.308 e. The van der Waals surface area contributed by atoms with E-state index in [-0.39, 0.29) is 34.7 Å². The molecule has 1 aromatic carbocycles. The Morgan fingerprint density at radius 2 is 1.90 bits per heavy atom. The molecule has 0 saturated carbocycles. The minimum Gasteiger partial charge on any atom is -0.481 e. The molecule has 4 nitrogen and oxygen atoms in total. The van der Waals surface area contributed by atoms with E-state index in [0.717, 1.165) is 0 Å². The van der Waals surface area contributed by atoms with Crippen molar-refractivity contribution in [3.8, 4) is 0 Å². The van der Waals surface area contributed by atoms with Gasteiger partial charge in [0.2, 0.25) is 0 Å². The molecule has 0 saturated heterocycles. The first-order valence-corrected chi connectivity index (χ1v) is 7.25. The van der Waals surface area contributed by atoms with E-state index in [2.05, 4.69) is 5.32 Å². The monoisotopic (exact) mass is 317 g/mol. The Labute approximate surface area is 125 Å². The van der Waals surface area contributed by atoms with E-state index >= 15 is 0 Å². The lowest BCUT2D eigenvalue weighted by atomic mass is 9.96. The van der Waals surface area contributed by atoms with Crippen molar-refractivity contribution < 1.29 is 23.5 Å². The van der Waals surface area contributed by atoms with E-state index < -0.39 is 23.6 Å². The fourth-order valence-electron chi connectivity index (χ4n) is 1.76. The maximum atomic E-state index is 12.4. The summed E-state index contributed by atoms with van der Waals surface area (Å²) in [4.78, 5) is 23.3. The molecule has 0 aliphatic heterocycles. The zero-order chi connectivity index (χ0) is 16.0. The van der Waals surface area contributed by atoms with Crippen molar-refractivity contribution in [1.29, 1.82) is 0 Å². The van der Waals surface area contributed by atoms with Gasteiger partial charge in [0, 0.05) is 11.4 Å². The lowest BCUT2D eigenvalue weighted by Crippen LogP contribution is -2.35. The summed E-state index contributed by atoms with van der Waals surface area (Å²) in [5, 5.41) is 11.5. The molecule has 1 amide bonds. The molecule has 1 atom stereocenters. The molecule has 0 spiro atoms. The normalized spacial score (nSPS) is 12.5. The second-order valence-electron chi connectivity index (χ2n) is 4.77. The molecule has 0 fully saturated rings. The molecule has 1 aromatic rings. The molecule has 1 rings (SSSR count). The van der Waals surface area contributed by atoms with Gasteiger partial charge in [-0.05, 0) is 18.1 Å². The predicted molar refractivity (Wildman–Crippen MR) is 76.6 cm³/mol. The number of aliphatic carboxylic acids is 1. The quantitative estimate of drug-likeness (QED) is 0.759. The van der Waals surface area contributed by atoms with E-state index in [9.17, 15) is 18.4 Å². The molecule has 0 heterocycles. The van der Waals surface area contributed by atoms with E-state index in [4.69, 9.17) is 5.11 Å². The van der Waals surface area contributed by atoms with Crippen molar-refractivity contribution in [3.05, 3.63) is 29.8 Å². The number of benzene rings is 1. The first kappa shape index (κ1) is 17.4. The number of alkyl halides is 2. The number of thioether (sulfide) groups is 1. The topological polar surface area (TPSA) is 66.4 Å². The highest BCUT2D eigenvalue weighted by molar-refractivity contribution is 7.99. The van der Waals surface area contributed by atoms with Gasteiger partial charge in [0.15, 0.2) is 0 Å². The van der Waals surface area contributed by atoms with Crippen LogP contribution in [-0.2, 0) is 4.79 Å². The summed E-state index contributed by atoms with van der Waals surface area (Å²) >= 11 is 0.290. The summed E-state index contributed by atoms with van der Waals surface area (Å²) in [6.45, 7) is 3.44. The Morgan fingerprint density at radius 1 is 1.29 bits per heavy atom. The second-order valence-corrected chi connectivity index (χ2v) is 5.81. The SMILES string of the molecule is CC(C)C(CNC(=O)c1ccccc1SC(F)F)C(=O)O. The minimum atomic E-state index is -2.62. The van der Waals surface area contributed by atoms with Crippen molar-refractivity contribution in [2.75, 3.05) is 6.54 Å². The lowest BCUT2D eigenvalue weighted by molar-refractivity contribution is -0.142. The third kappa shape index (κ3) is 5.34. The van der Waals surface area contributed by atoms with Crippen LogP contribution in [0.3, 0.4) is 0 Å². The van der Waals surface area contributed by atoms with Crippen LogP contribution in [0.4, 0.5) is 8.78 Å². The summed E-state index contributed by atoms with van der Waals surface area (Å²) in [5.41, 5.74) is 0.121. The molecule has 1 unspecified atom stereocenters. The number of hydrogen-bond acceptors (Lipinski definition) is 3. The Hall–Kier alpha value is -1.63. The first-order valence-electron chi connectivity index (χ1n) is 6.37. The average molecular weight is 317 g/mol. The largest absolute Gasteiger partial charge is 0.481 e. The van der Waals surface area contributed by atoms with Gasteiger partial charge in [0.05, 0.1) is 11.5 Å². The number of carbonyl (C=O) groups is 2. The molecule has 0 bridgehead atoms.